The number of amides is 1. The van der Waals surface area contributed by atoms with Crippen LogP contribution in [0.25, 0.3) is 11.2 Å². The quantitative estimate of drug-likeness (QED) is 0.366. The number of Topliss-reactive ketones (excluding diaryl/α,β-unsaturated/α-hetero) is 2. The maximum atomic E-state index is 12.3. The zero-order valence-electron chi connectivity index (χ0n) is 19.5. The first kappa shape index (κ1) is 24.7. The summed E-state index contributed by atoms with van der Waals surface area (Å²) in [5.41, 5.74) is 2.02. The molecule has 2 aromatic heterocycles. The second-order valence-electron chi connectivity index (χ2n) is 8.23. The van der Waals surface area contributed by atoms with Gasteiger partial charge in [-0.25, -0.2) is 15.0 Å². The third-order valence-corrected chi connectivity index (χ3v) is 5.35. The Balaban J connectivity index is 1.46. The molecule has 0 fully saturated rings. The van der Waals surface area contributed by atoms with Crippen molar-refractivity contribution in [2.75, 3.05) is 11.9 Å². The summed E-state index contributed by atoms with van der Waals surface area (Å²) in [6.45, 7) is 5.64. The summed E-state index contributed by atoms with van der Waals surface area (Å²) in [5, 5.41) is 5.98. The maximum absolute atomic E-state index is 12.3. The van der Waals surface area contributed by atoms with Gasteiger partial charge in [0.05, 0.1) is 18.4 Å². The van der Waals surface area contributed by atoms with Crippen molar-refractivity contribution in [3.63, 3.8) is 0 Å². The average molecular weight is 465 g/mol. The fourth-order valence-corrected chi connectivity index (χ4v) is 3.26. The van der Waals surface area contributed by atoms with Gasteiger partial charge in [-0.3, -0.25) is 19.2 Å². The fourth-order valence-electron chi connectivity index (χ4n) is 3.26. The number of hydrogen-bond acceptors (Lipinski definition) is 8. The molecule has 34 heavy (non-hydrogen) atoms. The van der Waals surface area contributed by atoms with E-state index >= 15 is 0 Å². The van der Waals surface area contributed by atoms with E-state index in [9.17, 15) is 19.2 Å². The first-order valence-electron chi connectivity index (χ1n) is 11.1. The lowest BCUT2D eigenvalue weighted by atomic mass is 9.99. The van der Waals surface area contributed by atoms with Gasteiger partial charge in [0.2, 0.25) is 0 Å². The minimum atomic E-state index is -0.331. The highest BCUT2D eigenvalue weighted by Crippen LogP contribution is 2.12. The van der Waals surface area contributed by atoms with Crippen LogP contribution in [0.15, 0.2) is 35.3 Å². The van der Waals surface area contributed by atoms with E-state index in [1.807, 2.05) is 0 Å². The Kier molecular flexibility index (Phi) is 8.18. The van der Waals surface area contributed by atoms with Crippen molar-refractivity contribution in [3.05, 3.63) is 57.9 Å². The standard InChI is InChI=1S/C24H28N6O4/c1-14(15(2)31)11-20(32)5-4-10-25-23(33)17-6-8-18(9-7-17)26-12-19-13-27-22-21(30-19)24(34)29-16(3)28-22/h6-9,13-14,26H,4-5,10-12H2,1-3H3,(H,25,33)(H,27,28,29,34)/t14-/m0/s1. The third-order valence-electron chi connectivity index (χ3n) is 5.35. The number of H-pyrrole nitrogens is 1. The smallest absolute Gasteiger partial charge is 0.279 e. The molecule has 178 valence electrons. The average Bonchev–Trinajstić information content (AvgIpc) is 2.80. The number of fused-ring (bicyclic) bond motifs is 1. The van der Waals surface area contributed by atoms with Gasteiger partial charge in [-0.15, -0.1) is 0 Å². The van der Waals surface area contributed by atoms with E-state index in [0.29, 0.717) is 48.7 Å². The van der Waals surface area contributed by atoms with Gasteiger partial charge < -0.3 is 15.6 Å². The first-order chi connectivity index (χ1) is 16.2. The van der Waals surface area contributed by atoms with Crippen LogP contribution in [-0.4, -0.2) is 44.0 Å². The Morgan fingerprint density at radius 2 is 1.85 bits per heavy atom. The number of ketones is 2. The number of carbonyl (C=O) groups is 3. The highest BCUT2D eigenvalue weighted by atomic mass is 16.2. The molecular formula is C24H28N6O4. The van der Waals surface area contributed by atoms with E-state index in [0.717, 1.165) is 5.69 Å². The number of nitrogens with one attached hydrogen (secondary N) is 3. The number of rotatable bonds is 11. The summed E-state index contributed by atoms with van der Waals surface area (Å²) in [6.07, 6.45) is 2.67. The molecule has 3 N–H and O–H groups in total. The Labute approximate surface area is 196 Å². The maximum Gasteiger partial charge on any atom is 0.279 e. The summed E-state index contributed by atoms with van der Waals surface area (Å²) < 4.78 is 0. The molecule has 0 saturated carbocycles. The fraction of sp³-hybridized carbons (Fsp3) is 0.375. The number of nitrogens with zero attached hydrogens (tertiary/aromatic N) is 3. The Morgan fingerprint density at radius 1 is 1.12 bits per heavy atom. The molecule has 3 aromatic rings. The van der Waals surface area contributed by atoms with Crippen molar-refractivity contribution in [3.8, 4) is 0 Å². The molecule has 0 spiro atoms. The summed E-state index contributed by atoms with van der Waals surface area (Å²) in [6, 6.07) is 6.93. The predicted molar refractivity (Wildman–Crippen MR) is 127 cm³/mol. The van der Waals surface area contributed by atoms with Gasteiger partial charge in [0.25, 0.3) is 11.5 Å². The number of hydrogen-bond donors (Lipinski definition) is 3. The lowest BCUT2D eigenvalue weighted by Gasteiger charge is -2.09. The van der Waals surface area contributed by atoms with Crippen LogP contribution in [0.1, 0.15) is 55.0 Å². The van der Waals surface area contributed by atoms with Crippen LogP contribution in [0.3, 0.4) is 0 Å². The summed E-state index contributed by atoms with van der Waals surface area (Å²) in [4.78, 5) is 62.7. The van der Waals surface area contributed by atoms with Crippen LogP contribution >= 0.6 is 0 Å². The predicted octanol–water partition coefficient (Wildman–Crippen LogP) is 2.33. The molecule has 0 aliphatic rings. The van der Waals surface area contributed by atoms with E-state index < -0.39 is 0 Å². The Morgan fingerprint density at radius 3 is 2.56 bits per heavy atom. The van der Waals surface area contributed by atoms with E-state index in [1.54, 1.807) is 44.3 Å². The lowest BCUT2D eigenvalue weighted by molar-refractivity contribution is -0.126. The summed E-state index contributed by atoms with van der Waals surface area (Å²) in [5.74, 6) is 0.0337. The van der Waals surface area contributed by atoms with Crippen LogP contribution in [0.4, 0.5) is 5.69 Å². The highest BCUT2D eigenvalue weighted by Gasteiger charge is 2.13. The number of aromatic nitrogens is 4. The monoisotopic (exact) mass is 464 g/mol. The molecule has 0 saturated heterocycles. The third kappa shape index (κ3) is 6.77. The molecule has 10 nitrogen and oxygen atoms in total. The van der Waals surface area contributed by atoms with Gasteiger partial charge in [-0.2, -0.15) is 0 Å². The van der Waals surface area contributed by atoms with Gasteiger partial charge in [0.15, 0.2) is 11.2 Å². The van der Waals surface area contributed by atoms with Crippen molar-refractivity contribution >= 4 is 34.3 Å². The molecule has 0 aliphatic carbocycles. The van der Waals surface area contributed by atoms with E-state index in [4.69, 9.17) is 0 Å². The molecule has 1 atom stereocenters. The van der Waals surface area contributed by atoms with Gasteiger partial charge in [0.1, 0.15) is 17.4 Å². The summed E-state index contributed by atoms with van der Waals surface area (Å²) in [7, 11) is 0. The minimum absolute atomic E-state index is 0.00685. The molecule has 3 rings (SSSR count). The first-order valence-corrected chi connectivity index (χ1v) is 11.1. The van der Waals surface area contributed by atoms with E-state index in [-0.39, 0.29) is 40.9 Å². The topological polar surface area (TPSA) is 147 Å². The number of anilines is 1. The zero-order valence-corrected chi connectivity index (χ0v) is 19.5. The van der Waals surface area contributed by atoms with Crippen LogP contribution in [-0.2, 0) is 16.1 Å². The zero-order chi connectivity index (χ0) is 24.7. The van der Waals surface area contributed by atoms with Gasteiger partial charge >= 0.3 is 0 Å². The van der Waals surface area contributed by atoms with E-state index in [2.05, 4.69) is 30.6 Å². The molecule has 10 heteroatoms. The van der Waals surface area contributed by atoms with Crippen LogP contribution < -0.4 is 16.2 Å². The van der Waals surface area contributed by atoms with Gasteiger partial charge in [-0.1, -0.05) is 6.92 Å². The number of aryl methyl sites for hydroxylation is 1. The molecule has 0 bridgehead atoms. The van der Waals surface area contributed by atoms with Crippen molar-refractivity contribution in [1.29, 1.82) is 0 Å². The van der Waals surface area contributed by atoms with Gasteiger partial charge in [-0.05, 0) is 44.5 Å². The molecule has 0 radical (unpaired) electrons. The number of carbonyl (C=O) groups excluding carboxylic acids is 3. The second-order valence-corrected chi connectivity index (χ2v) is 8.23. The molecule has 2 heterocycles. The number of aromatic amines is 1. The molecule has 1 aromatic carbocycles. The Bertz CT molecular complexity index is 1250. The summed E-state index contributed by atoms with van der Waals surface area (Å²) >= 11 is 0. The molecule has 0 unspecified atom stereocenters. The van der Waals surface area contributed by atoms with Crippen LogP contribution in [0.2, 0.25) is 0 Å². The number of benzene rings is 1. The van der Waals surface area contributed by atoms with E-state index in [1.165, 1.54) is 6.92 Å². The van der Waals surface area contributed by atoms with Crippen LogP contribution in [0.5, 0.6) is 0 Å². The molecule has 1 amide bonds. The molecular weight excluding hydrogens is 436 g/mol. The minimum Gasteiger partial charge on any atom is -0.379 e. The Hall–Kier alpha value is -3.95. The van der Waals surface area contributed by atoms with Crippen molar-refractivity contribution in [2.45, 2.75) is 46.6 Å². The SMILES string of the molecule is CC(=O)[C@@H](C)CC(=O)CCCNC(=O)c1ccc(NCc2cnc3nc(C)[nH]c(=O)c3n2)cc1. The second kappa shape index (κ2) is 11.3. The highest BCUT2D eigenvalue weighted by molar-refractivity contribution is 5.94. The lowest BCUT2D eigenvalue weighted by Crippen LogP contribution is -2.25. The molecule has 0 aliphatic heterocycles. The van der Waals surface area contributed by atoms with Crippen molar-refractivity contribution in [2.24, 2.45) is 5.92 Å². The largest absolute Gasteiger partial charge is 0.379 e. The normalized spacial score (nSPS) is 11.7. The van der Waals surface area contributed by atoms with Crippen LogP contribution in [0, 0.1) is 12.8 Å². The van der Waals surface area contributed by atoms with Crippen molar-refractivity contribution in [1.82, 2.24) is 25.3 Å². The van der Waals surface area contributed by atoms with Crippen molar-refractivity contribution < 1.29 is 14.4 Å². The van der Waals surface area contributed by atoms with Gasteiger partial charge in [0, 0.05) is 36.6 Å².